The van der Waals surface area contributed by atoms with Gasteiger partial charge in [-0.15, -0.1) is 0 Å². The summed E-state index contributed by atoms with van der Waals surface area (Å²) in [6.45, 7) is 4.25. The number of aliphatic hydroxyl groups excluding tert-OH is 1. The van der Waals surface area contributed by atoms with Crippen molar-refractivity contribution in [2.45, 2.75) is 25.3 Å². The highest BCUT2D eigenvalue weighted by molar-refractivity contribution is 4.92. The maximum atomic E-state index is 8.77. The summed E-state index contributed by atoms with van der Waals surface area (Å²) < 4.78 is 5.13. The Kier molecular flexibility index (Phi) is 3.50. The Morgan fingerprint density at radius 3 is 3.00 bits per heavy atom. The molecule has 1 saturated heterocycles. The molecule has 1 rings (SSSR count). The van der Waals surface area contributed by atoms with Crippen LogP contribution in [0, 0.1) is 5.92 Å². The average molecular weight is 173 g/mol. The first-order chi connectivity index (χ1) is 5.70. The summed E-state index contributed by atoms with van der Waals surface area (Å²) in [5.41, 5.74) is 0.134. The first-order valence-corrected chi connectivity index (χ1v) is 4.55. The topological polar surface area (TPSA) is 41.5 Å². The van der Waals surface area contributed by atoms with Gasteiger partial charge in [-0.1, -0.05) is 0 Å². The van der Waals surface area contributed by atoms with Crippen LogP contribution in [0.4, 0.5) is 0 Å². The van der Waals surface area contributed by atoms with Gasteiger partial charge in [-0.05, 0) is 32.2 Å². The maximum Gasteiger partial charge on any atom is 0.0641 e. The summed E-state index contributed by atoms with van der Waals surface area (Å²) in [6.07, 6.45) is 2.02. The highest BCUT2D eigenvalue weighted by Gasteiger charge is 2.33. The quantitative estimate of drug-likeness (QED) is 0.646. The van der Waals surface area contributed by atoms with Crippen molar-refractivity contribution in [1.82, 2.24) is 5.32 Å². The SMILES string of the molecule is COCC1(C)CC(CCO)CN1. The third-order valence-corrected chi connectivity index (χ3v) is 2.56. The molecule has 0 saturated carbocycles. The van der Waals surface area contributed by atoms with Crippen LogP contribution in [0.2, 0.25) is 0 Å². The molecule has 12 heavy (non-hydrogen) atoms. The molecule has 0 aliphatic carbocycles. The molecule has 1 aliphatic heterocycles. The van der Waals surface area contributed by atoms with E-state index in [1.807, 2.05) is 0 Å². The standard InChI is InChI=1S/C9H19NO2/c1-9(7-12-2)5-8(3-4-11)6-10-9/h8,10-11H,3-7H2,1-2H3. The zero-order chi connectivity index (χ0) is 9.03. The van der Waals surface area contributed by atoms with E-state index >= 15 is 0 Å². The van der Waals surface area contributed by atoms with Crippen LogP contribution in [0.3, 0.4) is 0 Å². The van der Waals surface area contributed by atoms with Crippen molar-refractivity contribution in [1.29, 1.82) is 0 Å². The Morgan fingerprint density at radius 1 is 1.67 bits per heavy atom. The second kappa shape index (κ2) is 4.21. The van der Waals surface area contributed by atoms with E-state index < -0.39 is 0 Å². The molecule has 2 N–H and O–H groups in total. The molecule has 1 heterocycles. The van der Waals surface area contributed by atoms with Crippen LogP contribution in [0.25, 0.3) is 0 Å². The van der Waals surface area contributed by atoms with Gasteiger partial charge in [-0.3, -0.25) is 0 Å². The molecule has 0 aromatic rings. The first-order valence-electron chi connectivity index (χ1n) is 4.55. The van der Waals surface area contributed by atoms with E-state index in [1.54, 1.807) is 7.11 Å². The number of methoxy groups -OCH3 is 1. The number of ether oxygens (including phenoxy) is 1. The summed E-state index contributed by atoms with van der Waals surface area (Å²) in [5, 5.41) is 12.2. The molecule has 1 fully saturated rings. The van der Waals surface area contributed by atoms with Crippen molar-refractivity contribution in [3.05, 3.63) is 0 Å². The van der Waals surface area contributed by atoms with Crippen molar-refractivity contribution < 1.29 is 9.84 Å². The lowest BCUT2D eigenvalue weighted by Crippen LogP contribution is -2.40. The molecule has 2 atom stereocenters. The molecule has 3 nitrogen and oxygen atoms in total. The lowest BCUT2D eigenvalue weighted by Gasteiger charge is -2.23. The number of nitrogens with one attached hydrogen (secondary N) is 1. The van der Waals surface area contributed by atoms with Crippen molar-refractivity contribution >= 4 is 0 Å². The van der Waals surface area contributed by atoms with E-state index in [0.717, 1.165) is 26.0 Å². The van der Waals surface area contributed by atoms with E-state index in [-0.39, 0.29) is 5.54 Å². The molecular formula is C9H19NO2. The molecule has 0 aromatic heterocycles. The Hall–Kier alpha value is -0.120. The maximum absolute atomic E-state index is 8.77. The van der Waals surface area contributed by atoms with Crippen LogP contribution in [0.1, 0.15) is 19.8 Å². The summed E-state index contributed by atoms with van der Waals surface area (Å²) in [5.74, 6) is 0.621. The molecule has 72 valence electrons. The predicted molar refractivity (Wildman–Crippen MR) is 48.1 cm³/mol. The number of hydrogen-bond acceptors (Lipinski definition) is 3. The van der Waals surface area contributed by atoms with Crippen molar-refractivity contribution in [3.8, 4) is 0 Å². The molecule has 0 radical (unpaired) electrons. The molecule has 0 spiro atoms. The van der Waals surface area contributed by atoms with Crippen LogP contribution in [0.15, 0.2) is 0 Å². The normalized spacial score (nSPS) is 35.8. The summed E-state index contributed by atoms with van der Waals surface area (Å²) in [7, 11) is 1.73. The highest BCUT2D eigenvalue weighted by atomic mass is 16.5. The van der Waals surface area contributed by atoms with Crippen LogP contribution in [-0.2, 0) is 4.74 Å². The van der Waals surface area contributed by atoms with E-state index in [9.17, 15) is 0 Å². The Labute approximate surface area is 74.1 Å². The van der Waals surface area contributed by atoms with E-state index in [0.29, 0.717) is 12.5 Å². The lowest BCUT2D eigenvalue weighted by atomic mass is 9.94. The van der Waals surface area contributed by atoms with Gasteiger partial charge in [0.1, 0.15) is 0 Å². The number of hydrogen-bond donors (Lipinski definition) is 2. The van der Waals surface area contributed by atoms with Gasteiger partial charge in [-0.2, -0.15) is 0 Å². The van der Waals surface area contributed by atoms with Crippen LogP contribution in [-0.4, -0.2) is 37.5 Å². The largest absolute Gasteiger partial charge is 0.396 e. The van der Waals surface area contributed by atoms with Crippen molar-refractivity contribution in [2.75, 3.05) is 26.9 Å². The van der Waals surface area contributed by atoms with Gasteiger partial charge >= 0.3 is 0 Å². The van der Waals surface area contributed by atoms with Gasteiger partial charge in [0, 0.05) is 19.3 Å². The Balaban J connectivity index is 2.32. The molecule has 0 aromatic carbocycles. The van der Waals surface area contributed by atoms with Gasteiger partial charge in [-0.25, -0.2) is 0 Å². The third-order valence-electron chi connectivity index (χ3n) is 2.56. The van der Waals surface area contributed by atoms with Crippen molar-refractivity contribution in [3.63, 3.8) is 0 Å². The first kappa shape index (κ1) is 9.96. The molecule has 1 aliphatic rings. The smallest absolute Gasteiger partial charge is 0.0641 e. The summed E-state index contributed by atoms with van der Waals surface area (Å²) in [6, 6.07) is 0. The van der Waals surface area contributed by atoms with Gasteiger partial charge in [0.25, 0.3) is 0 Å². The second-order valence-electron chi connectivity index (χ2n) is 3.96. The van der Waals surface area contributed by atoms with E-state index in [1.165, 1.54) is 0 Å². The van der Waals surface area contributed by atoms with E-state index in [2.05, 4.69) is 12.2 Å². The molecule has 0 amide bonds. The van der Waals surface area contributed by atoms with Crippen molar-refractivity contribution in [2.24, 2.45) is 5.92 Å². The number of rotatable bonds is 4. The van der Waals surface area contributed by atoms with Gasteiger partial charge in [0.15, 0.2) is 0 Å². The molecular weight excluding hydrogens is 154 g/mol. The fourth-order valence-electron chi connectivity index (χ4n) is 1.99. The van der Waals surface area contributed by atoms with Crippen LogP contribution < -0.4 is 5.32 Å². The fourth-order valence-corrected chi connectivity index (χ4v) is 1.99. The summed E-state index contributed by atoms with van der Waals surface area (Å²) >= 11 is 0. The van der Waals surface area contributed by atoms with Gasteiger partial charge in [0.2, 0.25) is 0 Å². The highest BCUT2D eigenvalue weighted by Crippen LogP contribution is 2.25. The minimum Gasteiger partial charge on any atom is -0.396 e. The predicted octanol–water partition coefficient (Wildman–Crippen LogP) is 0.383. The lowest BCUT2D eigenvalue weighted by molar-refractivity contribution is 0.127. The monoisotopic (exact) mass is 173 g/mol. The third kappa shape index (κ3) is 2.44. The van der Waals surface area contributed by atoms with E-state index in [4.69, 9.17) is 9.84 Å². The van der Waals surface area contributed by atoms with Crippen LogP contribution in [0.5, 0.6) is 0 Å². The molecule has 3 heteroatoms. The minimum atomic E-state index is 0.134. The molecule has 2 unspecified atom stereocenters. The van der Waals surface area contributed by atoms with Gasteiger partial charge in [0.05, 0.1) is 6.61 Å². The Morgan fingerprint density at radius 2 is 2.42 bits per heavy atom. The van der Waals surface area contributed by atoms with Crippen LogP contribution >= 0.6 is 0 Å². The Bertz CT molecular complexity index is 140. The summed E-state index contributed by atoms with van der Waals surface area (Å²) in [4.78, 5) is 0. The zero-order valence-electron chi connectivity index (χ0n) is 7.97. The zero-order valence-corrected chi connectivity index (χ0v) is 7.97. The average Bonchev–Trinajstić information content (AvgIpc) is 2.34. The fraction of sp³-hybridized carbons (Fsp3) is 1.00. The molecule has 0 bridgehead atoms. The number of aliphatic hydroxyl groups is 1. The second-order valence-corrected chi connectivity index (χ2v) is 3.96. The minimum absolute atomic E-state index is 0.134. The van der Waals surface area contributed by atoms with Gasteiger partial charge < -0.3 is 15.2 Å².